The Morgan fingerprint density at radius 1 is 1.17 bits per heavy atom. The predicted octanol–water partition coefficient (Wildman–Crippen LogP) is 3.52. The van der Waals surface area contributed by atoms with Crippen molar-refractivity contribution < 1.29 is 9.13 Å². The maximum Gasteiger partial charge on any atom is 0.187 e. The van der Waals surface area contributed by atoms with Crippen molar-refractivity contribution in [1.29, 1.82) is 0 Å². The first-order valence-electron chi connectivity index (χ1n) is 8.16. The fourth-order valence-corrected chi connectivity index (χ4v) is 3.21. The highest BCUT2D eigenvalue weighted by Crippen LogP contribution is 2.17. The number of thioether (sulfide) groups is 1. The van der Waals surface area contributed by atoms with Crippen molar-refractivity contribution in [2.45, 2.75) is 37.2 Å². The third kappa shape index (κ3) is 5.00. The zero-order chi connectivity index (χ0) is 16.8. The quantitative estimate of drug-likeness (QED) is 0.566. The molecule has 0 spiro atoms. The van der Waals surface area contributed by atoms with E-state index < -0.39 is 0 Å². The van der Waals surface area contributed by atoms with E-state index in [4.69, 9.17) is 4.74 Å². The summed E-state index contributed by atoms with van der Waals surface area (Å²) in [4.78, 5) is 11.0. The first-order chi connectivity index (χ1) is 11.7. The summed E-state index contributed by atoms with van der Waals surface area (Å²) in [5, 5.41) is 0.781. The molecule has 1 saturated heterocycles. The van der Waals surface area contributed by atoms with Crippen LogP contribution in [0.2, 0.25) is 0 Å². The summed E-state index contributed by atoms with van der Waals surface area (Å²) in [5.74, 6) is -0.203. The summed E-state index contributed by atoms with van der Waals surface area (Å²) in [6, 6.07) is 6.70. The summed E-state index contributed by atoms with van der Waals surface area (Å²) >= 11 is 1.54. The van der Waals surface area contributed by atoms with Gasteiger partial charge in [-0.05, 0) is 36.8 Å². The first kappa shape index (κ1) is 17.3. The minimum atomic E-state index is -0.203. The number of ether oxygens (including phenoxy) is 1. The monoisotopic (exact) mass is 347 g/mol. The molecule has 0 aliphatic carbocycles. The van der Waals surface area contributed by atoms with Gasteiger partial charge in [-0.15, -0.1) is 0 Å². The molecule has 0 N–H and O–H groups in total. The van der Waals surface area contributed by atoms with Gasteiger partial charge in [-0.2, -0.15) is 0 Å². The molecule has 1 aromatic heterocycles. The molecular weight excluding hydrogens is 325 g/mol. The zero-order valence-electron chi connectivity index (χ0n) is 13.8. The van der Waals surface area contributed by atoms with Crippen molar-refractivity contribution in [3.63, 3.8) is 0 Å². The van der Waals surface area contributed by atoms with Gasteiger partial charge >= 0.3 is 0 Å². The molecule has 0 radical (unpaired) electrons. The van der Waals surface area contributed by atoms with Crippen LogP contribution >= 0.6 is 11.8 Å². The molecule has 2 aromatic rings. The van der Waals surface area contributed by atoms with Crippen LogP contribution in [0.15, 0.2) is 41.8 Å². The third-order valence-corrected chi connectivity index (χ3v) is 4.65. The summed E-state index contributed by atoms with van der Waals surface area (Å²) < 4.78 is 18.9. The van der Waals surface area contributed by atoms with Crippen LogP contribution in [-0.2, 0) is 17.8 Å². The highest BCUT2D eigenvalue weighted by Gasteiger charge is 2.20. The van der Waals surface area contributed by atoms with E-state index in [2.05, 4.69) is 14.9 Å². The second kappa shape index (κ2) is 8.55. The molecule has 1 unspecified atom stereocenters. The van der Waals surface area contributed by atoms with Gasteiger partial charge in [0.1, 0.15) is 5.82 Å². The summed E-state index contributed by atoms with van der Waals surface area (Å²) in [6.07, 6.45) is 8.23. The molecule has 1 aromatic carbocycles. The van der Waals surface area contributed by atoms with Crippen LogP contribution in [0, 0.1) is 5.82 Å². The van der Waals surface area contributed by atoms with E-state index in [1.54, 1.807) is 0 Å². The Morgan fingerprint density at radius 3 is 2.50 bits per heavy atom. The largest absolute Gasteiger partial charge is 0.377 e. The van der Waals surface area contributed by atoms with Gasteiger partial charge in [0.15, 0.2) is 5.16 Å². The Kier molecular flexibility index (Phi) is 6.18. The van der Waals surface area contributed by atoms with Crippen LogP contribution in [0.3, 0.4) is 0 Å². The van der Waals surface area contributed by atoms with Crippen LogP contribution in [-0.4, -0.2) is 40.4 Å². The summed E-state index contributed by atoms with van der Waals surface area (Å²) in [7, 11) is 0. The lowest BCUT2D eigenvalue weighted by atomic mass is 10.1. The molecule has 1 aliphatic heterocycles. The fraction of sp³-hybridized carbons (Fsp3) is 0.444. The lowest BCUT2D eigenvalue weighted by Gasteiger charge is -2.25. The number of rotatable bonds is 7. The average Bonchev–Trinajstić information content (AvgIpc) is 3.10. The first-order valence-corrected chi connectivity index (χ1v) is 9.39. The number of hydrogen-bond donors (Lipinski definition) is 0. The molecule has 0 amide bonds. The normalized spacial score (nSPS) is 17.5. The molecule has 6 heteroatoms. The maximum atomic E-state index is 13.1. The van der Waals surface area contributed by atoms with Crippen molar-refractivity contribution in [3.8, 4) is 0 Å². The smallest absolute Gasteiger partial charge is 0.187 e. The van der Waals surface area contributed by atoms with E-state index >= 15 is 0 Å². The van der Waals surface area contributed by atoms with E-state index in [-0.39, 0.29) is 11.9 Å². The van der Waals surface area contributed by atoms with Crippen molar-refractivity contribution in [2.24, 2.45) is 0 Å². The Labute approximate surface area is 146 Å². The predicted molar refractivity (Wildman–Crippen MR) is 93.3 cm³/mol. The van der Waals surface area contributed by atoms with Crippen LogP contribution in [0.1, 0.15) is 24.0 Å². The molecule has 24 heavy (non-hydrogen) atoms. The van der Waals surface area contributed by atoms with E-state index in [0.29, 0.717) is 0 Å². The van der Waals surface area contributed by atoms with Gasteiger partial charge in [-0.1, -0.05) is 23.9 Å². The number of aromatic nitrogens is 2. The summed E-state index contributed by atoms with van der Waals surface area (Å²) in [5.41, 5.74) is 2.17. The Bertz CT molecular complexity index is 630. The van der Waals surface area contributed by atoms with E-state index in [1.165, 1.54) is 23.9 Å². The maximum absolute atomic E-state index is 13.1. The van der Waals surface area contributed by atoms with Crippen molar-refractivity contribution in [1.82, 2.24) is 14.9 Å². The Hall–Kier alpha value is -1.50. The molecular formula is C18H22FN3OS. The number of hydrogen-bond acceptors (Lipinski definition) is 5. The minimum absolute atomic E-state index is 0.203. The number of nitrogens with zero attached hydrogens (tertiary/aromatic N) is 3. The molecule has 0 saturated carbocycles. The molecule has 0 bridgehead atoms. The third-order valence-electron chi connectivity index (χ3n) is 4.08. The minimum Gasteiger partial charge on any atom is -0.377 e. The van der Waals surface area contributed by atoms with Crippen LogP contribution < -0.4 is 0 Å². The number of halogens is 1. The number of benzene rings is 1. The van der Waals surface area contributed by atoms with Gasteiger partial charge in [-0.3, -0.25) is 4.90 Å². The highest BCUT2D eigenvalue weighted by atomic mass is 32.2. The van der Waals surface area contributed by atoms with E-state index in [0.717, 1.165) is 55.4 Å². The van der Waals surface area contributed by atoms with Gasteiger partial charge in [0.05, 0.1) is 6.10 Å². The fourth-order valence-electron chi connectivity index (χ4n) is 2.90. The molecule has 128 valence electrons. The molecule has 2 heterocycles. The molecule has 4 nitrogen and oxygen atoms in total. The van der Waals surface area contributed by atoms with Crippen LogP contribution in [0.5, 0.6) is 0 Å². The lowest BCUT2D eigenvalue weighted by molar-refractivity contribution is 0.0678. The lowest BCUT2D eigenvalue weighted by Crippen LogP contribution is -2.31. The van der Waals surface area contributed by atoms with Crippen molar-refractivity contribution in [2.75, 3.05) is 19.4 Å². The Balaban J connectivity index is 1.68. The Morgan fingerprint density at radius 2 is 1.88 bits per heavy atom. The second-order valence-corrected chi connectivity index (χ2v) is 6.78. The van der Waals surface area contributed by atoms with Gasteiger partial charge in [0.2, 0.25) is 0 Å². The molecule has 1 atom stereocenters. The standard InChI is InChI=1S/C18H22FN3OS/c1-24-18-20-9-15(10-21-18)12-22(13-17-3-2-8-23-17)11-14-4-6-16(19)7-5-14/h4-7,9-10,17H,2-3,8,11-13H2,1H3. The van der Waals surface area contributed by atoms with Crippen molar-refractivity contribution >= 4 is 11.8 Å². The molecule has 1 aliphatic rings. The van der Waals surface area contributed by atoms with Crippen LogP contribution in [0.4, 0.5) is 4.39 Å². The van der Waals surface area contributed by atoms with Crippen molar-refractivity contribution in [3.05, 3.63) is 53.6 Å². The zero-order valence-corrected chi connectivity index (χ0v) is 14.6. The van der Waals surface area contributed by atoms with Gasteiger partial charge in [-0.25, -0.2) is 14.4 Å². The topological polar surface area (TPSA) is 38.2 Å². The van der Waals surface area contributed by atoms with Gasteiger partial charge in [0, 0.05) is 44.2 Å². The average molecular weight is 347 g/mol. The molecule has 1 fully saturated rings. The van der Waals surface area contributed by atoms with Gasteiger partial charge in [0.25, 0.3) is 0 Å². The van der Waals surface area contributed by atoms with E-state index in [1.807, 2.05) is 30.8 Å². The molecule has 3 rings (SSSR count). The second-order valence-electron chi connectivity index (χ2n) is 6.01. The van der Waals surface area contributed by atoms with E-state index in [9.17, 15) is 4.39 Å². The van der Waals surface area contributed by atoms with Crippen LogP contribution in [0.25, 0.3) is 0 Å². The summed E-state index contributed by atoms with van der Waals surface area (Å²) in [6.45, 7) is 3.22. The highest BCUT2D eigenvalue weighted by molar-refractivity contribution is 7.98. The SMILES string of the molecule is CSc1ncc(CN(Cc2ccc(F)cc2)CC2CCCO2)cn1. The van der Waals surface area contributed by atoms with Gasteiger partial charge < -0.3 is 4.74 Å².